The maximum Gasteiger partial charge on any atom is 0.274 e. The molecule has 0 saturated heterocycles. The normalized spacial score (nSPS) is 18.4. The predicted molar refractivity (Wildman–Crippen MR) is 72.0 cm³/mol. The Hall–Kier alpha value is -1.13. The zero-order valence-electron chi connectivity index (χ0n) is 10.6. The first kappa shape index (κ1) is 13.3. The van der Waals surface area contributed by atoms with Crippen LogP contribution in [0.5, 0.6) is 0 Å². The number of hydrogen-bond donors (Lipinski definition) is 1. The topological polar surface area (TPSA) is 55.2 Å². The average molecular weight is 269 g/mol. The van der Waals surface area contributed by atoms with Crippen molar-refractivity contribution in [1.29, 1.82) is 0 Å². The molecule has 1 N–H and O–H groups in total. The Kier molecular flexibility index (Phi) is 3.59. The molecule has 0 radical (unpaired) electrons. The van der Waals surface area contributed by atoms with Gasteiger partial charge in [-0.3, -0.25) is 10.1 Å². The summed E-state index contributed by atoms with van der Waals surface area (Å²) in [6.45, 7) is 2.12. The molecular weight excluding hydrogens is 252 g/mol. The number of nitrogens with zero attached hydrogens (tertiary/aromatic N) is 1. The van der Waals surface area contributed by atoms with Crippen molar-refractivity contribution in [2.45, 2.75) is 32.2 Å². The molecule has 18 heavy (non-hydrogen) atoms. The minimum absolute atomic E-state index is 0.129. The van der Waals surface area contributed by atoms with Gasteiger partial charge in [0.25, 0.3) is 5.69 Å². The number of rotatable bonds is 5. The van der Waals surface area contributed by atoms with Crippen LogP contribution in [0.25, 0.3) is 0 Å². The fourth-order valence-electron chi connectivity index (χ4n) is 2.48. The Balaban J connectivity index is 2.32. The minimum Gasteiger partial charge on any atom is -0.317 e. The van der Waals surface area contributed by atoms with E-state index in [1.165, 1.54) is 6.07 Å². The van der Waals surface area contributed by atoms with E-state index in [2.05, 4.69) is 12.2 Å². The minimum atomic E-state index is -0.346. The van der Waals surface area contributed by atoms with Crippen molar-refractivity contribution in [2.24, 2.45) is 5.41 Å². The van der Waals surface area contributed by atoms with Crippen LogP contribution in [-0.4, -0.2) is 18.0 Å². The molecule has 0 aliphatic heterocycles. The van der Waals surface area contributed by atoms with E-state index in [9.17, 15) is 10.1 Å². The first-order valence-corrected chi connectivity index (χ1v) is 6.47. The van der Waals surface area contributed by atoms with Gasteiger partial charge in [-0.1, -0.05) is 17.7 Å². The van der Waals surface area contributed by atoms with E-state index in [0.29, 0.717) is 23.0 Å². The number of hydrogen-bond acceptors (Lipinski definition) is 3. The van der Waals surface area contributed by atoms with Crippen molar-refractivity contribution in [3.8, 4) is 0 Å². The van der Waals surface area contributed by atoms with Gasteiger partial charge in [-0.25, -0.2) is 0 Å². The molecule has 1 saturated carbocycles. The lowest BCUT2D eigenvalue weighted by molar-refractivity contribution is -0.385. The van der Waals surface area contributed by atoms with Crippen LogP contribution >= 0.6 is 11.6 Å². The number of nitrogens with one attached hydrogen (secondary N) is 1. The average Bonchev–Trinajstić information content (AvgIpc) is 3.11. The molecule has 2 rings (SSSR count). The first-order chi connectivity index (χ1) is 8.50. The molecule has 0 spiro atoms. The van der Waals surface area contributed by atoms with Gasteiger partial charge < -0.3 is 5.32 Å². The zero-order chi connectivity index (χ0) is 13.3. The van der Waals surface area contributed by atoms with E-state index in [4.69, 9.17) is 11.6 Å². The van der Waals surface area contributed by atoms with Crippen LogP contribution in [0.2, 0.25) is 5.02 Å². The van der Waals surface area contributed by atoms with E-state index in [1.54, 1.807) is 12.1 Å². The SMILES string of the molecule is CNC(C)C1(Cc2c(Cl)cccc2[N+](=O)[O-])CC1. The van der Waals surface area contributed by atoms with Crippen LogP contribution in [0.15, 0.2) is 18.2 Å². The third kappa shape index (κ3) is 2.35. The fourth-order valence-corrected chi connectivity index (χ4v) is 2.71. The third-order valence-electron chi connectivity index (χ3n) is 4.06. The molecule has 0 amide bonds. The molecule has 1 aromatic carbocycles. The molecule has 1 unspecified atom stereocenters. The van der Waals surface area contributed by atoms with Crippen LogP contribution in [0, 0.1) is 15.5 Å². The van der Waals surface area contributed by atoms with Crippen molar-refractivity contribution in [3.63, 3.8) is 0 Å². The smallest absolute Gasteiger partial charge is 0.274 e. The molecule has 1 aliphatic rings. The highest BCUT2D eigenvalue weighted by molar-refractivity contribution is 6.31. The van der Waals surface area contributed by atoms with Crippen LogP contribution < -0.4 is 5.32 Å². The van der Waals surface area contributed by atoms with Crippen LogP contribution in [-0.2, 0) is 6.42 Å². The summed E-state index contributed by atoms with van der Waals surface area (Å²) >= 11 is 6.13. The fraction of sp³-hybridized carbons (Fsp3) is 0.538. The predicted octanol–water partition coefficient (Wildman–Crippen LogP) is 3.18. The largest absolute Gasteiger partial charge is 0.317 e. The molecule has 0 heterocycles. The molecule has 1 aliphatic carbocycles. The van der Waals surface area contributed by atoms with Crippen LogP contribution in [0.1, 0.15) is 25.3 Å². The van der Waals surface area contributed by atoms with Crippen molar-refractivity contribution in [2.75, 3.05) is 7.05 Å². The van der Waals surface area contributed by atoms with Crippen molar-refractivity contribution < 1.29 is 4.92 Å². The summed E-state index contributed by atoms with van der Waals surface area (Å²) in [5.41, 5.74) is 0.936. The maximum absolute atomic E-state index is 11.1. The van der Waals surface area contributed by atoms with Gasteiger partial charge in [0.05, 0.1) is 9.95 Å². The van der Waals surface area contributed by atoms with E-state index in [1.807, 2.05) is 7.05 Å². The Morgan fingerprint density at radius 2 is 2.22 bits per heavy atom. The van der Waals surface area contributed by atoms with Gasteiger partial charge in [0.1, 0.15) is 0 Å². The Morgan fingerprint density at radius 3 is 2.72 bits per heavy atom. The summed E-state index contributed by atoms with van der Waals surface area (Å²) in [5, 5.41) is 14.8. The van der Waals surface area contributed by atoms with Gasteiger partial charge in [-0.15, -0.1) is 0 Å². The monoisotopic (exact) mass is 268 g/mol. The summed E-state index contributed by atoms with van der Waals surface area (Å²) in [7, 11) is 1.92. The van der Waals surface area contributed by atoms with E-state index in [-0.39, 0.29) is 16.0 Å². The maximum atomic E-state index is 11.1. The molecule has 0 aromatic heterocycles. The summed E-state index contributed by atoms with van der Waals surface area (Å²) < 4.78 is 0. The summed E-state index contributed by atoms with van der Waals surface area (Å²) in [6, 6.07) is 5.23. The van der Waals surface area contributed by atoms with Gasteiger partial charge in [-0.2, -0.15) is 0 Å². The quantitative estimate of drug-likeness (QED) is 0.659. The molecule has 1 fully saturated rings. The first-order valence-electron chi connectivity index (χ1n) is 6.09. The second-order valence-electron chi connectivity index (χ2n) is 5.04. The Morgan fingerprint density at radius 1 is 1.56 bits per heavy atom. The highest BCUT2D eigenvalue weighted by atomic mass is 35.5. The number of benzene rings is 1. The van der Waals surface area contributed by atoms with E-state index < -0.39 is 0 Å². The lowest BCUT2D eigenvalue weighted by atomic mass is 9.89. The molecule has 1 aromatic rings. The van der Waals surface area contributed by atoms with Crippen LogP contribution in [0.4, 0.5) is 5.69 Å². The summed E-state index contributed by atoms with van der Waals surface area (Å²) in [4.78, 5) is 10.7. The number of nitro benzene ring substituents is 1. The molecular formula is C13H17ClN2O2. The summed E-state index contributed by atoms with van der Waals surface area (Å²) in [6.07, 6.45) is 2.86. The standard InChI is InChI=1S/C13H17ClN2O2/c1-9(15-2)13(6-7-13)8-10-11(14)4-3-5-12(10)16(17)18/h3-5,9,15H,6-8H2,1-2H3. The molecule has 5 heteroatoms. The second-order valence-corrected chi connectivity index (χ2v) is 5.45. The van der Waals surface area contributed by atoms with Crippen molar-refractivity contribution in [3.05, 3.63) is 38.9 Å². The second kappa shape index (κ2) is 4.86. The lowest BCUT2D eigenvalue weighted by Gasteiger charge is -2.23. The van der Waals surface area contributed by atoms with Gasteiger partial charge in [0.15, 0.2) is 0 Å². The lowest BCUT2D eigenvalue weighted by Crippen LogP contribution is -2.33. The highest BCUT2D eigenvalue weighted by Gasteiger charge is 2.47. The summed E-state index contributed by atoms with van der Waals surface area (Å²) in [5.74, 6) is 0. The number of halogens is 1. The molecule has 4 nitrogen and oxygen atoms in total. The Bertz CT molecular complexity index is 472. The van der Waals surface area contributed by atoms with Gasteiger partial charge >= 0.3 is 0 Å². The van der Waals surface area contributed by atoms with Crippen LogP contribution in [0.3, 0.4) is 0 Å². The molecule has 0 bridgehead atoms. The van der Waals surface area contributed by atoms with E-state index >= 15 is 0 Å². The van der Waals surface area contributed by atoms with Crippen molar-refractivity contribution >= 4 is 17.3 Å². The van der Waals surface area contributed by atoms with Crippen molar-refractivity contribution in [1.82, 2.24) is 5.32 Å². The highest BCUT2D eigenvalue weighted by Crippen LogP contribution is 2.52. The zero-order valence-corrected chi connectivity index (χ0v) is 11.3. The van der Waals surface area contributed by atoms with E-state index in [0.717, 1.165) is 12.8 Å². The van der Waals surface area contributed by atoms with Gasteiger partial charge in [0, 0.05) is 17.7 Å². The third-order valence-corrected chi connectivity index (χ3v) is 4.42. The van der Waals surface area contributed by atoms with Gasteiger partial charge in [-0.05, 0) is 44.7 Å². The molecule has 98 valence electrons. The molecule has 1 atom stereocenters. The van der Waals surface area contributed by atoms with Gasteiger partial charge in [0.2, 0.25) is 0 Å². The Labute approximate surface area is 111 Å². The number of nitro groups is 1.